The number of hydrogen-bond donors (Lipinski definition) is 0. The monoisotopic (exact) mass is 256 g/mol. The fourth-order valence-electron chi connectivity index (χ4n) is 3.31. The van der Waals surface area contributed by atoms with Crippen molar-refractivity contribution < 1.29 is 0 Å². The zero-order valence-electron chi connectivity index (χ0n) is 13.1. The summed E-state index contributed by atoms with van der Waals surface area (Å²) in [6.07, 6.45) is 6.53. The number of aryl methyl sites for hydroxylation is 1. The van der Waals surface area contributed by atoms with Gasteiger partial charge in [-0.25, -0.2) is 0 Å². The molecule has 0 amide bonds. The Balaban J connectivity index is 2.20. The van der Waals surface area contributed by atoms with Crippen LogP contribution in [0.2, 0.25) is 0 Å². The molecular formula is C19H28. The van der Waals surface area contributed by atoms with Gasteiger partial charge in [0.25, 0.3) is 0 Å². The molecule has 0 heterocycles. The predicted molar refractivity (Wildman–Crippen MR) is 85.5 cm³/mol. The predicted octanol–water partition coefficient (Wildman–Crippen LogP) is 5.97. The van der Waals surface area contributed by atoms with E-state index < -0.39 is 0 Å². The number of allylic oxidation sites excluding steroid dienone is 1. The maximum Gasteiger partial charge on any atom is -0.0161 e. The summed E-state index contributed by atoms with van der Waals surface area (Å²) in [5.41, 5.74) is 6.12. The van der Waals surface area contributed by atoms with Crippen molar-refractivity contribution in [1.29, 1.82) is 0 Å². The van der Waals surface area contributed by atoms with Gasteiger partial charge in [0.2, 0.25) is 0 Å². The van der Waals surface area contributed by atoms with E-state index in [2.05, 4.69) is 52.5 Å². The van der Waals surface area contributed by atoms with E-state index in [0.717, 1.165) is 12.3 Å². The highest BCUT2D eigenvalue weighted by atomic mass is 14.3. The molecule has 0 aromatic heterocycles. The van der Waals surface area contributed by atoms with Crippen molar-refractivity contribution in [1.82, 2.24) is 0 Å². The van der Waals surface area contributed by atoms with Gasteiger partial charge in [-0.15, -0.1) is 0 Å². The zero-order chi connectivity index (χ0) is 14.0. The first-order valence-electron chi connectivity index (χ1n) is 7.71. The molecule has 1 saturated carbocycles. The summed E-state index contributed by atoms with van der Waals surface area (Å²) >= 11 is 0. The van der Waals surface area contributed by atoms with Crippen molar-refractivity contribution in [2.45, 2.75) is 65.7 Å². The second-order valence-corrected chi connectivity index (χ2v) is 6.99. The highest BCUT2D eigenvalue weighted by molar-refractivity contribution is 5.65. The fraction of sp³-hybridized carbons (Fsp3) is 0.579. The average Bonchev–Trinajstić information content (AvgIpc) is 2.37. The summed E-state index contributed by atoms with van der Waals surface area (Å²) in [6, 6.07) is 7.06. The van der Waals surface area contributed by atoms with Gasteiger partial charge in [-0.05, 0) is 67.1 Å². The summed E-state index contributed by atoms with van der Waals surface area (Å²) in [4.78, 5) is 0. The van der Waals surface area contributed by atoms with Gasteiger partial charge >= 0.3 is 0 Å². The maximum absolute atomic E-state index is 4.10. The topological polar surface area (TPSA) is 0 Å². The molecule has 1 aromatic rings. The number of benzene rings is 1. The molecule has 0 radical (unpaired) electrons. The lowest BCUT2D eigenvalue weighted by atomic mass is 9.71. The molecule has 0 saturated heterocycles. The Morgan fingerprint density at radius 3 is 2.42 bits per heavy atom. The third kappa shape index (κ3) is 3.29. The highest BCUT2D eigenvalue weighted by Gasteiger charge is 2.27. The van der Waals surface area contributed by atoms with Gasteiger partial charge in [0.1, 0.15) is 0 Å². The Bertz CT molecular complexity index is 455. The quantitative estimate of drug-likeness (QED) is 0.625. The highest BCUT2D eigenvalue weighted by Crippen LogP contribution is 2.42. The standard InChI is InChI=1S/C19H28/c1-6-15-13-17(7-8-18(15)14(2)3)16-9-11-19(4,5)12-10-16/h7-8,13,16H,2,6,9-12H2,1,3-5H3. The molecule has 2 rings (SSSR count). The number of rotatable bonds is 3. The van der Waals surface area contributed by atoms with Crippen LogP contribution in [0.3, 0.4) is 0 Å². The third-order valence-electron chi connectivity index (χ3n) is 4.78. The molecule has 1 aliphatic carbocycles. The van der Waals surface area contributed by atoms with Gasteiger partial charge in [-0.3, -0.25) is 0 Å². The summed E-state index contributed by atoms with van der Waals surface area (Å²) < 4.78 is 0. The summed E-state index contributed by atoms with van der Waals surface area (Å²) in [6.45, 7) is 13.3. The van der Waals surface area contributed by atoms with E-state index in [1.807, 2.05) is 0 Å². The molecule has 0 atom stereocenters. The molecule has 1 aromatic carbocycles. The van der Waals surface area contributed by atoms with Crippen LogP contribution < -0.4 is 0 Å². The molecule has 0 aliphatic heterocycles. The second-order valence-electron chi connectivity index (χ2n) is 6.99. The average molecular weight is 256 g/mol. The van der Waals surface area contributed by atoms with Gasteiger partial charge in [-0.1, -0.05) is 51.1 Å². The lowest BCUT2D eigenvalue weighted by Gasteiger charge is -2.34. The smallest absolute Gasteiger partial charge is 0.0161 e. The van der Waals surface area contributed by atoms with Crippen LogP contribution in [0.5, 0.6) is 0 Å². The van der Waals surface area contributed by atoms with E-state index >= 15 is 0 Å². The van der Waals surface area contributed by atoms with E-state index in [1.165, 1.54) is 42.4 Å². The SMILES string of the molecule is C=C(C)c1ccc(C2CCC(C)(C)CC2)cc1CC. The van der Waals surface area contributed by atoms with Gasteiger partial charge < -0.3 is 0 Å². The largest absolute Gasteiger partial charge is 0.0955 e. The van der Waals surface area contributed by atoms with Crippen LogP contribution in [-0.2, 0) is 6.42 Å². The van der Waals surface area contributed by atoms with Crippen molar-refractivity contribution in [2.24, 2.45) is 5.41 Å². The third-order valence-corrected chi connectivity index (χ3v) is 4.78. The first-order valence-corrected chi connectivity index (χ1v) is 7.71. The van der Waals surface area contributed by atoms with Crippen molar-refractivity contribution in [3.8, 4) is 0 Å². The van der Waals surface area contributed by atoms with Crippen LogP contribution >= 0.6 is 0 Å². The lowest BCUT2D eigenvalue weighted by Crippen LogP contribution is -2.20. The normalized spacial score (nSPS) is 19.4. The van der Waals surface area contributed by atoms with E-state index in [1.54, 1.807) is 5.56 Å². The molecule has 0 unspecified atom stereocenters. The van der Waals surface area contributed by atoms with Crippen LogP contribution in [-0.4, -0.2) is 0 Å². The van der Waals surface area contributed by atoms with Crippen LogP contribution in [0.15, 0.2) is 24.8 Å². The van der Waals surface area contributed by atoms with Crippen LogP contribution in [0.1, 0.15) is 76.0 Å². The molecule has 0 nitrogen and oxygen atoms in total. The van der Waals surface area contributed by atoms with Gasteiger partial charge in [0.15, 0.2) is 0 Å². The molecular weight excluding hydrogens is 228 g/mol. The van der Waals surface area contributed by atoms with Gasteiger partial charge in [0, 0.05) is 0 Å². The zero-order valence-corrected chi connectivity index (χ0v) is 13.1. The van der Waals surface area contributed by atoms with Gasteiger partial charge in [-0.2, -0.15) is 0 Å². The molecule has 19 heavy (non-hydrogen) atoms. The first kappa shape index (κ1) is 14.4. The van der Waals surface area contributed by atoms with Crippen molar-refractivity contribution in [3.05, 3.63) is 41.5 Å². The van der Waals surface area contributed by atoms with Crippen LogP contribution in [0.25, 0.3) is 5.57 Å². The Kier molecular flexibility index (Phi) is 4.18. The van der Waals surface area contributed by atoms with E-state index in [0.29, 0.717) is 5.41 Å². The van der Waals surface area contributed by atoms with Gasteiger partial charge in [0.05, 0.1) is 0 Å². The lowest BCUT2D eigenvalue weighted by molar-refractivity contribution is 0.224. The van der Waals surface area contributed by atoms with Crippen molar-refractivity contribution in [3.63, 3.8) is 0 Å². The summed E-state index contributed by atoms with van der Waals surface area (Å²) in [5.74, 6) is 0.775. The van der Waals surface area contributed by atoms with Crippen LogP contribution in [0.4, 0.5) is 0 Å². The Morgan fingerprint density at radius 1 is 1.26 bits per heavy atom. The molecule has 0 bridgehead atoms. The second kappa shape index (κ2) is 5.53. The van der Waals surface area contributed by atoms with E-state index in [4.69, 9.17) is 0 Å². The fourth-order valence-corrected chi connectivity index (χ4v) is 3.31. The molecule has 0 heteroatoms. The Labute approximate surface area is 118 Å². The van der Waals surface area contributed by atoms with E-state index in [9.17, 15) is 0 Å². The molecule has 0 spiro atoms. The summed E-state index contributed by atoms with van der Waals surface area (Å²) in [7, 11) is 0. The molecule has 1 fully saturated rings. The first-order chi connectivity index (χ1) is 8.93. The maximum atomic E-state index is 4.10. The Hall–Kier alpha value is -1.04. The Morgan fingerprint density at radius 2 is 1.89 bits per heavy atom. The minimum atomic E-state index is 0.557. The molecule has 0 N–H and O–H groups in total. The summed E-state index contributed by atoms with van der Waals surface area (Å²) in [5, 5.41) is 0. The minimum absolute atomic E-state index is 0.557. The van der Waals surface area contributed by atoms with Crippen molar-refractivity contribution in [2.75, 3.05) is 0 Å². The van der Waals surface area contributed by atoms with Crippen molar-refractivity contribution >= 4 is 5.57 Å². The van der Waals surface area contributed by atoms with Crippen LogP contribution in [0, 0.1) is 5.41 Å². The molecule has 104 valence electrons. The minimum Gasteiger partial charge on any atom is -0.0955 e. The molecule has 1 aliphatic rings. The van der Waals surface area contributed by atoms with E-state index in [-0.39, 0.29) is 0 Å². The number of hydrogen-bond acceptors (Lipinski definition) is 0.